The molecule has 0 spiro atoms. The maximum atomic E-state index is 13.6. The van der Waals surface area contributed by atoms with Crippen molar-refractivity contribution in [2.24, 2.45) is 0 Å². The monoisotopic (exact) mass is 397 g/mol. The zero-order valence-corrected chi connectivity index (χ0v) is 15.4. The summed E-state index contributed by atoms with van der Waals surface area (Å²) in [6.45, 7) is 1.62. The Morgan fingerprint density at radius 2 is 1.64 bits per heavy atom. The van der Waals surface area contributed by atoms with E-state index in [4.69, 9.17) is 9.47 Å². The molecule has 1 saturated heterocycles. The molecule has 152 valence electrons. The Bertz CT molecular complexity index is 871. The number of nitrogens with zero attached hydrogens (tertiary/aromatic N) is 3. The lowest BCUT2D eigenvalue weighted by molar-refractivity contribution is -0.148. The largest absolute Gasteiger partial charge is 0.489 e. The van der Waals surface area contributed by atoms with Crippen LogP contribution < -0.4 is 9.47 Å². The molecule has 0 aliphatic carbocycles. The summed E-state index contributed by atoms with van der Waals surface area (Å²) in [4.78, 5) is 18.2. The standard InChI is InChI=1S/C19H22F3N3O3/c20-19(21,22)18-23-13-10-15-16(28-9-5-8-27-15)11-14(13)25(18)12-17(26)24-6-3-1-2-4-7-24/h10-11H,1-9,12H2. The molecule has 0 N–H and O–H groups in total. The molecule has 0 radical (unpaired) electrons. The molecule has 0 saturated carbocycles. The Kier molecular flexibility index (Phi) is 5.07. The summed E-state index contributed by atoms with van der Waals surface area (Å²) >= 11 is 0. The van der Waals surface area contributed by atoms with Crippen LogP contribution in [-0.2, 0) is 17.5 Å². The molecule has 9 heteroatoms. The van der Waals surface area contributed by atoms with Crippen LogP contribution in [0.4, 0.5) is 13.2 Å². The number of fused-ring (bicyclic) bond motifs is 2. The van der Waals surface area contributed by atoms with Gasteiger partial charge >= 0.3 is 6.18 Å². The normalized spacial score (nSPS) is 18.0. The Morgan fingerprint density at radius 3 is 2.29 bits per heavy atom. The van der Waals surface area contributed by atoms with Gasteiger partial charge in [-0.25, -0.2) is 4.98 Å². The third kappa shape index (κ3) is 3.74. The minimum absolute atomic E-state index is 0.139. The van der Waals surface area contributed by atoms with Gasteiger partial charge in [0.15, 0.2) is 11.5 Å². The summed E-state index contributed by atoms with van der Waals surface area (Å²) in [5.41, 5.74) is 0.361. The smallest absolute Gasteiger partial charge is 0.449 e. The highest BCUT2D eigenvalue weighted by molar-refractivity contribution is 5.84. The molecule has 0 unspecified atom stereocenters. The van der Waals surface area contributed by atoms with Gasteiger partial charge in [0, 0.05) is 31.6 Å². The Labute approximate surface area is 160 Å². The molecular weight excluding hydrogens is 375 g/mol. The first-order chi connectivity index (χ1) is 13.4. The number of benzene rings is 1. The van der Waals surface area contributed by atoms with Gasteiger partial charge < -0.3 is 18.9 Å². The number of imidazole rings is 1. The van der Waals surface area contributed by atoms with Crippen LogP contribution in [0.3, 0.4) is 0 Å². The van der Waals surface area contributed by atoms with E-state index < -0.39 is 18.5 Å². The van der Waals surface area contributed by atoms with Crippen molar-refractivity contribution in [2.45, 2.75) is 44.8 Å². The molecule has 0 atom stereocenters. The van der Waals surface area contributed by atoms with Gasteiger partial charge in [0.1, 0.15) is 6.54 Å². The lowest BCUT2D eigenvalue weighted by Crippen LogP contribution is -2.35. The fourth-order valence-electron chi connectivity index (χ4n) is 3.71. The van der Waals surface area contributed by atoms with Gasteiger partial charge in [-0.1, -0.05) is 12.8 Å². The van der Waals surface area contributed by atoms with Crippen molar-refractivity contribution in [1.29, 1.82) is 0 Å². The van der Waals surface area contributed by atoms with Crippen molar-refractivity contribution >= 4 is 16.9 Å². The highest BCUT2D eigenvalue weighted by atomic mass is 19.4. The maximum Gasteiger partial charge on any atom is 0.449 e. The van der Waals surface area contributed by atoms with E-state index in [0.717, 1.165) is 30.3 Å². The van der Waals surface area contributed by atoms with Crippen LogP contribution in [0, 0.1) is 0 Å². The van der Waals surface area contributed by atoms with Crippen LogP contribution in [-0.4, -0.2) is 46.7 Å². The van der Waals surface area contributed by atoms with Crippen molar-refractivity contribution in [3.8, 4) is 11.5 Å². The van der Waals surface area contributed by atoms with Crippen molar-refractivity contribution in [3.05, 3.63) is 18.0 Å². The number of hydrogen-bond acceptors (Lipinski definition) is 4. The molecule has 1 amide bonds. The van der Waals surface area contributed by atoms with Gasteiger partial charge in [-0.05, 0) is 12.8 Å². The second kappa shape index (κ2) is 7.52. The van der Waals surface area contributed by atoms with Crippen molar-refractivity contribution in [2.75, 3.05) is 26.3 Å². The number of rotatable bonds is 2. The molecule has 28 heavy (non-hydrogen) atoms. The van der Waals surface area contributed by atoms with Gasteiger partial charge in [0.05, 0.1) is 24.2 Å². The SMILES string of the molecule is O=C(Cn1c(C(F)(F)F)nc2cc3c(cc21)OCCCO3)N1CCCCCC1. The van der Waals surface area contributed by atoms with E-state index >= 15 is 0 Å². The molecule has 4 rings (SSSR count). The number of hydrogen-bond donors (Lipinski definition) is 0. The van der Waals surface area contributed by atoms with E-state index in [1.165, 1.54) is 12.1 Å². The van der Waals surface area contributed by atoms with Gasteiger partial charge in [-0.2, -0.15) is 13.2 Å². The van der Waals surface area contributed by atoms with Crippen LogP contribution >= 0.6 is 0 Å². The number of amides is 1. The number of alkyl halides is 3. The average molecular weight is 397 g/mol. The highest BCUT2D eigenvalue weighted by Crippen LogP contribution is 2.37. The number of ether oxygens (including phenoxy) is 2. The van der Waals surface area contributed by atoms with E-state index in [2.05, 4.69) is 4.98 Å². The molecule has 2 aromatic rings. The highest BCUT2D eigenvalue weighted by Gasteiger charge is 2.38. The second-order valence-electron chi connectivity index (χ2n) is 7.15. The second-order valence-corrected chi connectivity index (χ2v) is 7.15. The summed E-state index contributed by atoms with van der Waals surface area (Å²) in [6, 6.07) is 2.95. The van der Waals surface area contributed by atoms with E-state index in [9.17, 15) is 18.0 Å². The van der Waals surface area contributed by atoms with E-state index in [0.29, 0.717) is 44.2 Å². The first kappa shape index (κ1) is 18.9. The van der Waals surface area contributed by atoms with Gasteiger partial charge in [0.2, 0.25) is 11.7 Å². The van der Waals surface area contributed by atoms with Crippen LogP contribution in [0.25, 0.3) is 11.0 Å². The average Bonchev–Trinajstić information content (AvgIpc) is 2.87. The summed E-state index contributed by atoms with van der Waals surface area (Å²) in [5.74, 6) is -0.644. The van der Waals surface area contributed by atoms with E-state index in [1.807, 2.05) is 0 Å². The van der Waals surface area contributed by atoms with Crippen molar-refractivity contribution in [3.63, 3.8) is 0 Å². The predicted octanol–water partition coefficient (Wildman–Crippen LogP) is 3.62. The van der Waals surface area contributed by atoms with Gasteiger partial charge in [0.25, 0.3) is 0 Å². The summed E-state index contributed by atoms with van der Waals surface area (Å²) < 4.78 is 53.0. The zero-order chi connectivity index (χ0) is 19.7. The lowest BCUT2D eigenvalue weighted by atomic mass is 10.2. The van der Waals surface area contributed by atoms with Crippen molar-refractivity contribution in [1.82, 2.24) is 14.5 Å². The summed E-state index contributed by atoms with van der Waals surface area (Å²) in [7, 11) is 0. The van der Waals surface area contributed by atoms with Crippen LogP contribution in [0.5, 0.6) is 11.5 Å². The molecule has 2 aliphatic heterocycles. The van der Waals surface area contributed by atoms with Crippen LogP contribution in [0.15, 0.2) is 12.1 Å². The lowest BCUT2D eigenvalue weighted by Gasteiger charge is -2.21. The predicted molar refractivity (Wildman–Crippen MR) is 95.4 cm³/mol. The first-order valence-corrected chi connectivity index (χ1v) is 9.58. The Hall–Kier alpha value is -2.45. The number of likely N-dealkylation sites (tertiary alicyclic amines) is 1. The Balaban J connectivity index is 1.73. The van der Waals surface area contributed by atoms with Gasteiger partial charge in [-0.3, -0.25) is 4.79 Å². The van der Waals surface area contributed by atoms with Crippen LogP contribution in [0.1, 0.15) is 37.9 Å². The van der Waals surface area contributed by atoms with Crippen LogP contribution in [0.2, 0.25) is 0 Å². The number of halogens is 3. The molecule has 2 aliphatic rings. The van der Waals surface area contributed by atoms with Crippen molar-refractivity contribution < 1.29 is 27.4 Å². The quantitative estimate of drug-likeness (QED) is 0.777. The number of carbonyl (C=O) groups is 1. The minimum atomic E-state index is -4.67. The van der Waals surface area contributed by atoms with E-state index in [1.54, 1.807) is 4.90 Å². The maximum absolute atomic E-state index is 13.6. The first-order valence-electron chi connectivity index (χ1n) is 9.58. The third-order valence-electron chi connectivity index (χ3n) is 5.12. The number of carbonyl (C=O) groups excluding carboxylic acids is 1. The Morgan fingerprint density at radius 1 is 1.00 bits per heavy atom. The van der Waals surface area contributed by atoms with E-state index in [-0.39, 0.29) is 16.9 Å². The molecular formula is C19H22F3N3O3. The summed E-state index contributed by atoms with van der Waals surface area (Å²) in [5, 5.41) is 0. The fraction of sp³-hybridized carbons (Fsp3) is 0.579. The van der Waals surface area contributed by atoms with Gasteiger partial charge in [-0.15, -0.1) is 0 Å². The summed E-state index contributed by atoms with van der Waals surface area (Å²) in [6.07, 6.45) is -0.155. The zero-order valence-electron chi connectivity index (χ0n) is 15.4. The number of aromatic nitrogens is 2. The third-order valence-corrected chi connectivity index (χ3v) is 5.12. The molecule has 1 fully saturated rings. The molecule has 6 nitrogen and oxygen atoms in total. The molecule has 0 bridgehead atoms. The fourth-order valence-corrected chi connectivity index (χ4v) is 3.71. The molecule has 3 heterocycles. The topological polar surface area (TPSA) is 56.6 Å². The molecule has 1 aromatic heterocycles. The molecule has 1 aromatic carbocycles. The minimum Gasteiger partial charge on any atom is -0.489 e.